The van der Waals surface area contributed by atoms with E-state index in [1.807, 2.05) is 0 Å². The number of aliphatic imine (C=N–C) groups is 1. The molecule has 4 N–H and O–H groups in total. The first-order chi connectivity index (χ1) is 6.99. The number of nitrogens with zero attached hydrogens (tertiary/aromatic N) is 1. The SMILES string of the molecule is COCCCNC(=NCC(C)(C)C)NN. The van der Waals surface area contributed by atoms with Gasteiger partial charge < -0.3 is 10.1 Å². The molecule has 0 rings (SSSR count). The summed E-state index contributed by atoms with van der Waals surface area (Å²) >= 11 is 0. The molecule has 0 bridgehead atoms. The summed E-state index contributed by atoms with van der Waals surface area (Å²) in [6, 6.07) is 0. The topological polar surface area (TPSA) is 71.7 Å². The highest BCUT2D eigenvalue weighted by molar-refractivity contribution is 5.79. The van der Waals surface area contributed by atoms with E-state index in [1.165, 1.54) is 0 Å². The summed E-state index contributed by atoms with van der Waals surface area (Å²) in [7, 11) is 1.69. The first-order valence-electron chi connectivity index (χ1n) is 5.23. The third-order valence-electron chi connectivity index (χ3n) is 1.67. The van der Waals surface area contributed by atoms with Crippen molar-refractivity contribution in [2.75, 3.05) is 26.8 Å². The fourth-order valence-corrected chi connectivity index (χ4v) is 0.892. The monoisotopic (exact) mass is 216 g/mol. The molecule has 0 saturated carbocycles. The van der Waals surface area contributed by atoms with E-state index in [0.29, 0.717) is 5.96 Å². The van der Waals surface area contributed by atoms with Crippen LogP contribution in [0.1, 0.15) is 27.2 Å². The molecule has 0 radical (unpaired) electrons. The smallest absolute Gasteiger partial charge is 0.205 e. The molecule has 0 heterocycles. The van der Waals surface area contributed by atoms with E-state index in [0.717, 1.165) is 26.1 Å². The van der Waals surface area contributed by atoms with Crippen LogP contribution in [-0.4, -0.2) is 32.8 Å². The summed E-state index contributed by atoms with van der Waals surface area (Å²) in [5.41, 5.74) is 2.73. The largest absolute Gasteiger partial charge is 0.385 e. The summed E-state index contributed by atoms with van der Waals surface area (Å²) in [6.45, 7) is 8.69. The molecule has 0 unspecified atom stereocenters. The average molecular weight is 216 g/mol. The molecule has 0 aromatic heterocycles. The summed E-state index contributed by atoms with van der Waals surface area (Å²) < 4.78 is 4.94. The fraction of sp³-hybridized carbons (Fsp3) is 0.900. The second-order valence-corrected chi connectivity index (χ2v) is 4.64. The van der Waals surface area contributed by atoms with E-state index in [1.54, 1.807) is 7.11 Å². The Balaban J connectivity index is 3.81. The van der Waals surface area contributed by atoms with Crippen molar-refractivity contribution in [1.29, 1.82) is 0 Å². The van der Waals surface area contributed by atoms with Crippen LogP contribution in [0.5, 0.6) is 0 Å². The first-order valence-corrected chi connectivity index (χ1v) is 5.23. The molecule has 0 amide bonds. The van der Waals surface area contributed by atoms with Crippen LogP contribution in [0.15, 0.2) is 4.99 Å². The molecule has 0 atom stereocenters. The predicted molar refractivity (Wildman–Crippen MR) is 63.6 cm³/mol. The van der Waals surface area contributed by atoms with Crippen LogP contribution in [0.4, 0.5) is 0 Å². The Bertz CT molecular complexity index is 186. The molecular weight excluding hydrogens is 192 g/mol. The minimum absolute atomic E-state index is 0.177. The van der Waals surface area contributed by atoms with Gasteiger partial charge in [-0.15, -0.1) is 0 Å². The van der Waals surface area contributed by atoms with E-state index in [9.17, 15) is 0 Å². The molecule has 0 aliphatic rings. The van der Waals surface area contributed by atoms with Gasteiger partial charge in [-0.05, 0) is 11.8 Å². The lowest BCUT2D eigenvalue weighted by Gasteiger charge is -2.16. The van der Waals surface area contributed by atoms with E-state index in [4.69, 9.17) is 10.6 Å². The number of methoxy groups -OCH3 is 1. The normalized spacial score (nSPS) is 12.7. The highest BCUT2D eigenvalue weighted by Gasteiger charge is 2.09. The van der Waals surface area contributed by atoms with E-state index in [2.05, 4.69) is 36.5 Å². The third-order valence-corrected chi connectivity index (χ3v) is 1.67. The molecular formula is C10H24N4O. The summed E-state index contributed by atoms with van der Waals surface area (Å²) in [6.07, 6.45) is 0.937. The Morgan fingerprint density at radius 3 is 2.53 bits per heavy atom. The lowest BCUT2D eigenvalue weighted by Crippen LogP contribution is -2.42. The lowest BCUT2D eigenvalue weighted by molar-refractivity contribution is 0.195. The van der Waals surface area contributed by atoms with Crippen LogP contribution in [0.2, 0.25) is 0 Å². The van der Waals surface area contributed by atoms with Crippen LogP contribution in [0.3, 0.4) is 0 Å². The van der Waals surface area contributed by atoms with Gasteiger partial charge in [-0.3, -0.25) is 10.4 Å². The van der Waals surface area contributed by atoms with Crippen LogP contribution >= 0.6 is 0 Å². The van der Waals surface area contributed by atoms with Gasteiger partial charge in [0.2, 0.25) is 5.96 Å². The van der Waals surface area contributed by atoms with Crippen molar-refractivity contribution >= 4 is 5.96 Å². The van der Waals surface area contributed by atoms with Gasteiger partial charge in [-0.2, -0.15) is 0 Å². The summed E-state index contributed by atoms with van der Waals surface area (Å²) in [5.74, 6) is 5.98. The summed E-state index contributed by atoms with van der Waals surface area (Å²) in [4.78, 5) is 4.34. The Morgan fingerprint density at radius 2 is 2.07 bits per heavy atom. The predicted octanol–water partition coefficient (Wildman–Crippen LogP) is 0.478. The minimum atomic E-state index is 0.177. The van der Waals surface area contributed by atoms with E-state index < -0.39 is 0 Å². The number of hydrogen-bond acceptors (Lipinski definition) is 3. The van der Waals surface area contributed by atoms with Gasteiger partial charge in [-0.25, -0.2) is 5.84 Å². The number of rotatable bonds is 5. The van der Waals surface area contributed by atoms with Crippen LogP contribution in [0.25, 0.3) is 0 Å². The standard InChI is InChI=1S/C10H24N4O/c1-10(2,3)8-13-9(14-11)12-6-5-7-15-4/h5-8,11H2,1-4H3,(H2,12,13,14). The van der Waals surface area contributed by atoms with Gasteiger partial charge in [0.15, 0.2) is 0 Å². The van der Waals surface area contributed by atoms with Crippen molar-refractivity contribution in [3.8, 4) is 0 Å². The number of hydrogen-bond donors (Lipinski definition) is 3. The Morgan fingerprint density at radius 1 is 1.40 bits per heavy atom. The van der Waals surface area contributed by atoms with Crippen LogP contribution < -0.4 is 16.6 Å². The minimum Gasteiger partial charge on any atom is -0.385 e. The van der Waals surface area contributed by atoms with Crippen molar-refractivity contribution in [2.24, 2.45) is 16.3 Å². The van der Waals surface area contributed by atoms with Crippen LogP contribution in [0, 0.1) is 5.41 Å². The van der Waals surface area contributed by atoms with Gasteiger partial charge in [0, 0.05) is 26.8 Å². The Hall–Kier alpha value is -0.810. The molecule has 0 aliphatic heterocycles. The van der Waals surface area contributed by atoms with Crippen molar-refractivity contribution in [3.05, 3.63) is 0 Å². The fourth-order valence-electron chi connectivity index (χ4n) is 0.892. The maximum absolute atomic E-state index is 5.34. The molecule has 0 saturated heterocycles. The molecule has 5 heteroatoms. The Labute approximate surface area is 92.4 Å². The first kappa shape index (κ1) is 14.2. The average Bonchev–Trinajstić information content (AvgIpc) is 2.15. The molecule has 0 spiro atoms. The number of hydrazine groups is 1. The molecule has 5 nitrogen and oxygen atoms in total. The van der Waals surface area contributed by atoms with Gasteiger partial charge in [0.1, 0.15) is 0 Å². The zero-order valence-electron chi connectivity index (χ0n) is 10.3. The van der Waals surface area contributed by atoms with Gasteiger partial charge in [0.25, 0.3) is 0 Å². The van der Waals surface area contributed by atoms with Crippen molar-refractivity contribution < 1.29 is 4.74 Å². The lowest BCUT2D eigenvalue weighted by atomic mass is 9.97. The number of nitrogens with one attached hydrogen (secondary N) is 2. The second kappa shape index (κ2) is 7.48. The molecule has 0 aromatic rings. The zero-order chi connectivity index (χ0) is 11.7. The number of nitrogens with two attached hydrogens (primary N) is 1. The van der Waals surface area contributed by atoms with Crippen molar-refractivity contribution in [3.63, 3.8) is 0 Å². The molecule has 0 aliphatic carbocycles. The number of guanidine groups is 1. The summed E-state index contributed by atoms with van der Waals surface area (Å²) in [5, 5.41) is 3.11. The molecule has 90 valence electrons. The molecule has 15 heavy (non-hydrogen) atoms. The van der Waals surface area contributed by atoms with Gasteiger partial charge >= 0.3 is 0 Å². The highest BCUT2D eigenvalue weighted by Crippen LogP contribution is 2.12. The molecule has 0 fully saturated rings. The quantitative estimate of drug-likeness (QED) is 0.205. The highest BCUT2D eigenvalue weighted by atomic mass is 16.5. The maximum Gasteiger partial charge on any atom is 0.205 e. The van der Waals surface area contributed by atoms with Gasteiger partial charge in [-0.1, -0.05) is 20.8 Å². The number of ether oxygens (including phenoxy) is 1. The third kappa shape index (κ3) is 9.49. The van der Waals surface area contributed by atoms with Gasteiger partial charge in [0.05, 0.1) is 0 Å². The van der Waals surface area contributed by atoms with Crippen LogP contribution in [-0.2, 0) is 4.74 Å². The molecule has 0 aromatic carbocycles. The van der Waals surface area contributed by atoms with E-state index >= 15 is 0 Å². The second-order valence-electron chi connectivity index (χ2n) is 4.64. The van der Waals surface area contributed by atoms with E-state index in [-0.39, 0.29) is 5.41 Å². The van der Waals surface area contributed by atoms with Crippen molar-refractivity contribution in [2.45, 2.75) is 27.2 Å². The Kier molecular flexibility index (Phi) is 7.07. The zero-order valence-corrected chi connectivity index (χ0v) is 10.3. The van der Waals surface area contributed by atoms with Crippen molar-refractivity contribution in [1.82, 2.24) is 10.7 Å². The maximum atomic E-state index is 5.34.